The van der Waals surface area contributed by atoms with E-state index < -0.39 is 41.9 Å². The molecule has 0 bridgehead atoms. The molecule has 0 saturated carbocycles. The van der Waals surface area contributed by atoms with E-state index in [0.29, 0.717) is 0 Å². The number of ether oxygens (including phenoxy) is 2. The maximum atomic E-state index is 12.8. The Morgan fingerprint density at radius 1 is 0.704 bits per heavy atom. The molecule has 0 radical (unpaired) electrons. The summed E-state index contributed by atoms with van der Waals surface area (Å²) in [6, 6.07) is 0. The van der Waals surface area contributed by atoms with Crippen LogP contribution in [0, 0.1) is 0 Å². The third-order valence-corrected chi connectivity index (χ3v) is 9.87. The standard InChI is InChI=1S/C18H31O8P/c1-15(2)16(3,4)24-27(23-15,25-17(5,6)18(7,8)26-27)12(14(20)22-10)11-13(19)21-9/h11H,1-10H3/b12-11+. The average molecular weight is 406 g/mol. The van der Waals surface area contributed by atoms with E-state index in [2.05, 4.69) is 0 Å². The fourth-order valence-electron chi connectivity index (χ4n) is 2.91. The number of hydrogen-bond donors (Lipinski definition) is 0. The molecule has 0 atom stereocenters. The van der Waals surface area contributed by atoms with Crippen LogP contribution in [0.15, 0.2) is 11.4 Å². The van der Waals surface area contributed by atoms with Crippen LogP contribution in [0.5, 0.6) is 0 Å². The van der Waals surface area contributed by atoms with Gasteiger partial charge in [0.05, 0.1) is 0 Å². The van der Waals surface area contributed by atoms with Gasteiger partial charge in [0.15, 0.2) is 0 Å². The van der Waals surface area contributed by atoms with E-state index in [4.69, 9.17) is 27.6 Å². The third-order valence-electron chi connectivity index (χ3n) is 5.69. The van der Waals surface area contributed by atoms with Crippen LogP contribution in [0.4, 0.5) is 0 Å². The molecule has 2 saturated heterocycles. The van der Waals surface area contributed by atoms with Gasteiger partial charge in [-0.1, -0.05) is 0 Å². The molecule has 1 spiro atoms. The van der Waals surface area contributed by atoms with Crippen molar-refractivity contribution in [1.29, 1.82) is 0 Å². The van der Waals surface area contributed by atoms with Gasteiger partial charge in [0.1, 0.15) is 0 Å². The minimum absolute atomic E-state index is 0.257. The molecule has 156 valence electrons. The van der Waals surface area contributed by atoms with Gasteiger partial charge in [-0.05, 0) is 0 Å². The van der Waals surface area contributed by atoms with Crippen molar-refractivity contribution in [3.63, 3.8) is 0 Å². The molecule has 0 aromatic heterocycles. The molecule has 0 aliphatic carbocycles. The zero-order valence-electron chi connectivity index (χ0n) is 17.8. The first-order valence-electron chi connectivity index (χ1n) is 8.73. The van der Waals surface area contributed by atoms with Crippen LogP contribution in [0.3, 0.4) is 0 Å². The maximum absolute atomic E-state index is 12.8. The zero-order valence-corrected chi connectivity index (χ0v) is 18.7. The Morgan fingerprint density at radius 2 is 1.04 bits per heavy atom. The third kappa shape index (κ3) is 3.12. The Labute approximate surface area is 160 Å². The Kier molecular flexibility index (Phi) is 4.92. The van der Waals surface area contributed by atoms with E-state index in [9.17, 15) is 9.59 Å². The monoisotopic (exact) mass is 406 g/mol. The summed E-state index contributed by atoms with van der Waals surface area (Å²) in [5.74, 6) is -1.63. The normalized spacial score (nSPS) is 30.3. The van der Waals surface area contributed by atoms with Gasteiger partial charge in [0.2, 0.25) is 0 Å². The molecule has 2 heterocycles. The molecule has 0 amide bonds. The van der Waals surface area contributed by atoms with Gasteiger partial charge < -0.3 is 0 Å². The van der Waals surface area contributed by atoms with Crippen LogP contribution in [0.1, 0.15) is 55.4 Å². The molecule has 2 rings (SSSR count). The molecule has 27 heavy (non-hydrogen) atoms. The van der Waals surface area contributed by atoms with Gasteiger partial charge in [0, 0.05) is 0 Å². The second kappa shape index (κ2) is 5.97. The summed E-state index contributed by atoms with van der Waals surface area (Å²) in [7, 11) is -2.38. The van der Waals surface area contributed by atoms with Crippen molar-refractivity contribution in [1.82, 2.24) is 0 Å². The number of hydrogen-bond acceptors (Lipinski definition) is 8. The molecular weight excluding hydrogens is 375 g/mol. The van der Waals surface area contributed by atoms with Gasteiger partial charge in [-0.2, -0.15) is 0 Å². The van der Waals surface area contributed by atoms with E-state index in [-0.39, 0.29) is 5.31 Å². The van der Waals surface area contributed by atoms with E-state index in [0.717, 1.165) is 6.08 Å². The van der Waals surface area contributed by atoms with Crippen LogP contribution < -0.4 is 0 Å². The first kappa shape index (κ1) is 22.2. The molecule has 0 aromatic rings. The molecule has 0 aromatic carbocycles. The van der Waals surface area contributed by atoms with Crippen molar-refractivity contribution < 1.29 is 37.2 Å². The van der Waals surface area contributed by atoms with Crippen molar-refractivity contribution >= 4 is 19.4 Å². The van der Waals surface area contributed by atoms with Crippen LogP contribution in [-0.4, -0.2) is 48.6 Å². The summed E-state index contributed by atoms with van der Waals surface area (Å²) in [4.78, 5) is 24.8. The summed E-state index contributed by atoms with van der Waals surface area (Å²) >= 11 is 0. The topological polar surface area (TPSA) is 89.5 Å². The van der Waals surface area contributed by atoms with E-state index in [1.165, 1.54) is 14.2 Å². The molecule has 0 N–H and O–H groups in total. The van der Waals surface area contributed by atoms with Crippen molar-refractivity contribution in [2.75, 3.05) is 14.2 Å². The van der Waals surface area contributed by atoms with Gasteiger partial charge in [0.25, 0.3) is 0 Å². The number of carbonyl (C=O) groups is 2. The molecule has 9 heteroatoms. The fourth-order valence-corrected chi connectivity index (χ4v) is 8.26. The van der Waals surface area contributed by atoms with Gasteiger partial charge in [-0.3, -0.25) is 0 Å². The molecular formula is C18H31O8P. The molecule has 2 aliphatic rings. The van der Waals surface area contributed by atoms with Crippen molar-refractivity contribution in [2.24, 2.45) is 0 Å². The zero-order chi connectivity index (χ0) is 21.1. The van der Waals surface area contributed by atoms with E-state index in [1.807, 2.05) is 55.4 Å². The second-order valence-corrected chi connectivity index (χ2v) is 11.6. The SMILES string of the molecule is COC(=O)/C=C(\C(=O)OC)P12(OC(C)(C)C(C)(C)O1)OC(C)(C)C(C)(C)O2. The fraction of sp³-hybridized carbons (Fsp3) is 0.778. The van der Waals surface area contributed by atoms with E-state index >= 15 is 0 Å². The van der Waals surface area contributed by atoms with Gasteiger partial charge in [-0.25, -0.2) is 0 Å². The molecule has 2 aliphatic heterocycles. The predicted octanol–water partition coefficient (Wildman–Crippen LogP) is 3.64. The number of carbonyl (C=O) groups excluding carboxylic acids is 2. The van der Waals surface area contributed by atoms with Crippen LogP contribution in [0.25, 0.3) is 0 Å². The van der Waals surface area contributed by atoms with Gasteiger partial charge >= 0.3 is 160 Å². The Balaban J connectivity index is 2.87. The van der Waals surface area contributed by atoms with Crippen molar-refractivity contribution in [3.05, 3.63) is 11.4 Å². The summed E-state index contributed by atoms with van der Waals surface area (Å²) in [5.41, 5.74) is -3.59. The van der Waals surface area contributed by atoms with Crippen LogP contribution >= 0.6 is 7.51 Å². The van der Waals surface area contributed by atoms with Crippen molar-refractivity contribution in [2.45, 2.75) is 77.8 Å². The minimum atomic E-state index is -4.78. The quantitative estimate of drug-likeness (QED) is 0.399. The average Bonchev–Trinajstić information content (AvgIpc) is 2.74. The van der Waals surface area contributed by atoms with Crippen LogP contribution in [0.2, 0.25) is 0 Å². The Bertz CT molecular complexity index is 629. The molecule has 2 fully saturated rings. The first-order chi connectivity index (χ1) is 12.0. The van der Waals surface area contributed by atoms with Gasteiger partial charge in [-0.15, -0.1) is 0 Å². The number of rotatable bonds is 3. The summed E-state index contributed by atoms with van der Waals surface area (Å²) < 4.78 is 35.2. The first-order valence-corrected chi connectivity index (χ1v) is 10.6. The number of esters is 2. The van der Waals surface area contributed by atoms with Crippen LogP contribution in [-0.2, 0) is 37.2 Å². The predicted molar refractivity (Wildman–Crippen MR) is 99.7 cm³/mol. The molecule has 8 nitrogen and oxygen atoms in total. The summed E-state index contributed by atoms with van der Waals surface area (Å²) in [5, 5.41) is -0.257. The molecule has 0 unspecified atom stereocenters. The second-order valence-electron chi connectivity index (χ2n) is 8.76. The summed E-state index contributed by atoms with van der Waals surface area (Å²) in [6.07, 6.45) is 0.971. The Hall–Kier alpha value is -1.05. The summed E-state index contributed by atoms with van der Waals surface area (Å²) in [6.45, 7) is 14.5. The van der Waals surface area contributed by atoms with E-state index in [1.54, 1.807) is 0 Å². The number of methoxy groups -OCH3 is 2. The Morgan fingerprint density at radius 3 is 1.30 bits per heavy atom. The van der Waals surface area contributed by atoms with Crippen molar-refractivity contribution in [3.8, 4) is 0 Å².